The summed E-state index contributed by atoms with van der Waals surface area (Å²) < 4.78 is 5.20. The predicted molar refractivity (Wildman–Crippen MR) is 95.0 cm³/mol. The van der Waals surface area contributed by atoms with E-state index in [1.54, 1.807) is 7.11 Å². The van der Waals surface area contributed by atoms with Crippen molar-refractivity contribution in [1.29, 1.82) is 0 Å². The Morgan fingerprint density at radius 2 is 1.96 bits per heavy atom. The van der Waals surface area contributed by atoms with Gasteiger partial charge in [-0.3, -0.25) is 9.69 Å². The molecular weight excluding hydrogens is 300 g/mol. The third-order valence-electron chi connectivity index (χ3n) is 4.39. The fourth-order valence-electron chi connectivity index (χ4n) is 3.18. The van der Waals surface area contributed by atoms with Crippen molar-refractivity contribution in [2.75, 3.05) is 20.2 Å². The van der Waals surface area contributed by atoms with Crippen LogP contribution in [0.25, 0.3) is 0 Å². The summed E-state index contributed by atoms with van der Waals surface area (Å²) in [5, 5.41) is 3.16. The fourth-order valence-corrected chi connectivity index (χ4v) is 3.18. The van der Waals surface area contributed by atoms with Crippen molar-refractivity contribution < 1.29 is 9.53 Å². The average molecular weight is 324 g/mol. The number of nitrogens with one attached hydrogen (secondary N) is 1. The predicted octanol–water partition coefficient (Wildman–Crippen LogP) is 2.63. The minimum absolute atomic E-state index is 0.0785. The lowest BCUT2D eigenvalue weighted by Crippen LogP contribution is -2.37. The maximum Gasteiger partial charge on any atom is 0.224 e. The molecule has 0 saturated carbocycles. The van der Waals surface area contributed by atoms with Gasteiger partial charge in [0, 0.05) is 25.7 Å². The standard InChI is InChI=1S/C20H24N2O2/c1-24-19-9-5-8-17(12-19)13-20(23)21-18-10-11-22(15-18)14-16-6-3-2-4-7-16/h2-9,12,18H,10-11,13-15H2,1H3,(H,21,23)/t18-/m0/s1. The third kappa shape index (κ3) is 4.59. The lowest BCUT2D eigenvalue weighted by atomic mass is 10.1. The first-order valence-corrected chi connectivity index (χ1v) is 8.41. The zero-order valence-electron chi connectivity index (χ0n) is 14.1. The van der Waals surface area contributed by atoms with E-state index in [9.17, 15) is 4.79 Å². The van der Waals surface area contributed by atoms with E-state index in [1.165, 1.54) is 5.56 Å². The second-order valence-corrected chi connectivity index (χ2v) is 6.30. The van der Waals surface area contributed by atoms with Crippen LogP contribution in [-0.2, 0) is 17.8 Å². The molecule has 126 valence electrons. The lowest BCUT2D eigenvalue weighted by Gasteiger charge is -2.17. The number of ether oxygens (including phenoxy) is 1. The first-order valence-electron chi connectivity index (χ1n) is 8.41. The molecule has 1 atom stereocenters. The van der Waals surface area contributed by atoms with Gasteiger partial charge in [-0.25, -0.2) is 0 Å². The molecule has 1 aliphatic rings. The van der Waals surface area contributed by atoms with Crippen LogP contribution in [0, 0.1) is 0 Å². The van der Waals surface area contributed by atoms with Crippen LogP contribution < -0.4 is 10.1 Å². The molecular formula is C20H24N2O2. The molecule has 1 fully saturated rings. The number of hydrogen-bond donors (Lipinski definition) is 1. The molecule has 2 aromatic rings. The molecule has 4 nitrogen and oxygen atoms in total. The Morgan fingerprint density at radius 3 is 2.75 bits per heavy atom. The maximum atomic E-state index is 12.3. The quantitative estimate of drug-likeness (QED) is 0.888. The topological polar surface area (TPSA) is 41.6 Å². The average Bonchev–Trinajstić information content (AvgIpc) is 3.02. The molecule has 0 radical (unpaired) electrons. The fraction of sp³-hybridized carbons (Fsp3) is 0.350. The van der Waals surface area contributed by atoms with Crippen molar-refractivity contribution in [2.45, 2.75) is 25.4 Å². The van der Waals surface area contributed by atoms with Crippen molar-refractivity contribution in [1.82, 2.24) is 10.2 Å². The van der Waals surface area contributed by atoms with Crippen molar-refractivity contribution in [3.8, 4) is 5.75 Å². The van der Waals surface area contributed by atoms with E-state index in [-0.39, 0.29) is 11.9 Å². The zero-order chi connectivity index (χ0) is 16.8. The van der Waals surface area contributed by atoms with Gasteiger partial charge in [0.05, 0.1) is 13.5 Å². The Hall–Kier alpha value is -2.33. The summed E-state index contributed by atoms with van der Waals surface area (Å²) in [6.07, 6.45) is 1.41. The zero-order valence-corrected chi connectivity index (χ0v) is 14.1. The van der Waals surface area contributed by atoms with Gasteiger partial charge in [-0.05, 0) is 29.7 Å². The van der Waals surface area contributed by atoms with E-state index in [2.05, 4.69) is 34.5 Å². The van der Waals surface area contributed by atoms with E-state index in [0.29, 0.717) is 6.42 Å². The van der Waals surface area contributed by atoms with Crippen molar-refractivity contribution in [2.24, 2.45) is 0 Å². The number of carbonyl (C=O) groups excluding carboxylic acids is 1. The van der Waals surface area contributed by atoms with Gasteiger partial charge in [-0.15, -0.1) is 0 Å². The van der Waals surface area contributed by atoms with Gasteiger partial charge in [-0.1, -0.05) is 42.5 Å². The number of benzene rings is 2. The summed E-state index contributed by atoms with van der Waals surface area (Å²) in [5.41, 5.74) is 2.30. The van der Waals surface area contributed by atoms with Crippen LogP contribution in [0.3, 0.4) is 0 Å². The summed E-state index contributed by atoms with van der Waals surface area (Å²) in [4.78, 5) is 14.7. The largest absolute Gasteiger partial charge is 0.497 e. The van der Waals surface area contributed by atoms with Crippen molar-refractivity contribution in [3.05, 3.63) is 65.7 Å². The highest BCUT2D eigenvalue weighted by Crippen LogP contribution is 2.15. The third-order valence-corrected chi connectivity index (χ3v) is 4.39. The summed E-state index contributed by atoms with van der Waals surface area (Å²) in [5.74, 6) is 0.866. The molecule has 0 unspecified atom stereocenters. The Balaban J connectivity index is 1.47. The van der Waals surface area contributed by atoms with Crippen LogP contribution in [0.15, 0.2) is 54.6 Å². The number of hydrogen-bond acceptors (Lipinski definition) is 3. The normalized spacial score (nSPS) is 17.6. The van der Waals surface area contributed by atoms with Gasteiger partial charge in [0.1, 0.15) is 5.75 Å². The summed E-state index contributed by atoms with van der Waals surface area (Å²) in [6, 6.07) is 18.4. The van der Waals surface area contributed by atoms with E-state index >= 15 is 0 Å². The smallest absolute Gasteiger partial charge is 0.224 e. The molecule has 2 aromatic carbocycles. The molecule has 1 aliphatic heterocycles. The monoisotopic (exact) mass is 324 g/mol. The van der Waals surface area contributed by atoms with E-state index < -0.39 is 0 Å². The Kier molecular flexibility index (Phi) is 5.49. The summed E-state index contributed by atoms with van der Waals surface area (Å²) >= 11 is 0. The molecule has 1 N–H and O–H groups in total. The molecule has 1 amide bonds. The number of carbonyl (C=O) groups is 1. The molecule has 1 saturated heterocycles. The van der Waals surface area contributed by atoms with Gasteiger partial charge >= 0.3 is 0 Å². The second kappa shape index (κ2) is 7.97. The molecule has 4 heteroatoms. The molecule has 0 spiro atoms. The van der Waals surface area contributed by atoms with E-state index in [0.717, 1.165) is 37.4 Å². The number of amides is 1. The summed E-state index contributed by atoms with van der Waals surface area (Å²) in [6.45, 7) is 2.89. The SMILES string of the molecule is COc1cccc(CC(=O)N[C@H]2CCN(Cc3ccccc3)C2)c1. The van der Waals surface area contributed by atoms with Gasteiger partial charge in [0.25, 0.3) is 0 Å². The van der Waals surface area contributed by atoms with E-state index in [1.807, 2.05) is 30.3 Å². The molecule has 0 bridgehead atoms. The Bertz CT molecular complexity index is 672. The van der Waals surface area contributed by atoms with Gasteiger partial charge in [0.15, 0.2) is 0 Å². The highest BCUT2D eigenvalue weighted by molar-refractivity contribution is 5.79. The molecule has 1 heterocycles. The molecule has 0 aromatic heterocycles. The molecule has 3 rings (SSSR count). The maximum absolute atomic E-state index is 12.3. The first kappa shape index (κ1) is 16.5. The Morgan fingerprint density at radius 1 is 1.17 bits per heavy atom. The number of nitrogens with zero attached hydrogens (tertiary/aromatic N) is 1. The van der Waals surface area contributed by atoms with Crippen LogP contribution in [0.2, 0.25) is 0 Å². The highest BCUT2D eigenvalue weighted by atomic mass is 16.5. The van der Waals surface area contributed by atoms with Gasteiger partial charge in [0.2, 0.25) is 5.91 Å². The molecule has 24 heavy (non-hydrogen) atoms. The lowest BCUT2D eigenvalue weighted by molar-refractivity contribution is -0.121. The van der Waals surface area contributed by atoms with Crippen LogP contribution in [0.1, 0.15) is 17.5 Å². The van der Waals surface area contributed by atoms with Crippen LogP contribution >= 0.6 is 0 Å². The van der Waals surface area contributed by atoms with Crippen molar-refractivity contribution in [3.63, 3.8) is 0 Å². The van der Waals surface area contributed by atoms with E-state index in [4.69, 9.17) is 4.74 Å². The molecule has 0 aliphatic carbocycles. The van der Waals surface area contributed by atoms with Crippen LogP contribution in [0.4, 0.5) is 0 Å². The number of likely N-dealkylation sites (tertiary alicyclic amines) is 1. The van der Waals surface area contributed by atoms with Crippen LogP contribution in [-0.4, -0.2) is 37.0 Å². The number of methoxy groups -OCH3 is 1. The minimum Gasteiger partial charge on any atom is -0.497 e. The van der Waals surface area contributed by atoms with Gasteiger partial charge < -0.3 is 10.1 Å². The highest BCUT2D eigenvalue weighted by Gasteiger charge is 2.23. The Labute approximate surface area is 143 Å². The second-order valence-electron chi connectivity index (χ2n) is 6.30. The number of rotatable bonds is 6. The summed E-state index contributed by atoms with van der Waals surface area (Å²) in [7, 11) is 1.64. The minimum atomic E-state index is 0.0785. The van der Waals surface area contributed by atoms with Gasteiger partial charge in [-0.2, -0.15) is 0 Å². The first-order chi connectivity index (χ1) is 11.7. The van der Waals surface area contributed by atoms with Crippen LogP contribution in [0.5, 0.6) is 5.75 Å². The van der Waals surface area contributed by atoms with Crippen molar-refractivity contribution >= 4 is 5.91 Å².